The molecular weight excluding hydrogens is 315 g/mol. The molecule has 120 valence electrons. The molecule has 2 unspecified atom stereocenters. The topological polar surface area (TPSA) is 57.3 Å². The van der Waals surface area contributed by atoms with E-state index >= 15 is 0 Å². The van der Waals surface area contributed by atoms with E-state index in [1.54, 1.807) is 24.9 Å². The molecule has 0 spiro atoms. The van der Waals surface area contributed by atoms with Gasteiger partial charge in [-0.3, -0.25) is 0 Å². The van der Waals surface area contributed by atoms with Gasteiger partial charge in [0.2, 0.25) is 0 Å². The highest BCUT2D eigenvalue weighted by atomic mass is 32.2. The van der Waals surface area contributed by atoms with Gasteiger partial charge in [-0.1, -0.05) is 17.7 Å². The normalized spacial score (nSPS) is 23.3. The lowest BCUT2D eigenvalue weighted by atomic mass is 10.0. The van der Waals surface area contributed by atoms with E-state index in [0.29, 0.717) is 12.3 Å². The molecule has 0 aliphatic carbocycles. The number of dihydropyridines is 1. The van der Waals surface area contributed by atoms with E-state index in [9.17, 15) is 4.39 Å². The van der Waals surface area contributed by atoms with Crippen LogP contribution in [0.4, 0.5) is 4.39 Å². The first-order valence-electron chi connectivity index (χ1n) is 7.07. The fraction of sp³-hybridized carbons (Fsp3) is 0.250. The van der Waals surface area contributed by atoms with Crippen LogP contribution in [0.3, 0.4) is 0 Å². The molecule has 1 saturated heterocycles. The average molecular weight is 332 g/mol. The van der Waals surface area contributed by atoms with Gasteiger partial charge in [0, 0.05) is 23.4 Å². The summed E-state index contributed by atoms with van der Waals surface area (Å²) in [7, 11) is 1.58. The third kappa shape index (κ3) is 3.45. The highest BCUT2D eigenvalue weighted by Gasteiger charge is 2.24. The second-order valence-corrected chi connectivity index (χ2v) is 6.16. The van der Waals surface area contributed by atoms with E-state index < -0.39 is 0 Å². The molecule has 2 atom stereocenters. The van der Waals surface area contributed by atoms with Gasteiger partial charge in [-0.2, -0.15) is 0 Å². The third-order valence-electron chi connectivity index (χ3n) is 3.51. The van der Waals surface area contributed by atoms with E-state index in [2.05, 4.69) is 27.4 Å². The van der Waals surface area contributed by atoms with Crippen LogP contribution >= 0.6 is 11.8 Å². The molecule has 0 amide bonds. The van der Waals surface area contributed by atoms with Gasteiger partial charge in [0.05, 0.1) is 7.11 Å². The Kier molecular flexibility index (Phi) is 4.76. The Balaban J connectivity index is 1.91. The van der Waals surface area contributed by atoms with Gasteiger partial charge in [0.15, 0.2) is 0 Å². The van der Waals surface area contributed by atoms with E-state index in [-0.39, 0.29) is 16.7 Å². The van der Waals surface area contributed by atoms with Crippen LogP contribution in [-0.2, 0) is 0 Å². The van der Waals surface area contributed by atoms with Gasteiger partial charge in [-0.15, -0.1) is 6.42 Å². The Morgan fingerprint density at radius 3 is 3.04 bits per heavy atom. The van der Waals surface area contributed by atoms with Crippen molar-refractivity contribution in [3.8, 4) is 18.1 Å². The quantitative estimate of drug-likeness (QED) is 0.625. The fourth-order valence-corrected chi connectivity index (χ4v) is 3.26. The zero-order valence-corrected chi connectivity index (χ0v) is 13.3. The van der Waals surface area contributed by atoms with E-state index in [1.807, 2.05) is 12.3 Å². The molecule has 0 bridgehead atoms. The lowest BCUT2D eigenvalue weighted by molar-refractivity contribution is 0.412. The van der Waals surface area contributed by atoms with Gasteiger partial charge >= 0.3 is 0 Å². The first-order chi connectivity index (χ1) is 11.2. The SMILES string of the molecule is C#CC1NNC(NC2=C(c3cc(F)ccc3OC)CNC=C2)S1. The van der Waals surface area contributed by atoms with Crippen LogP contribution in [0.1, 0.15) is 5.56 Å². The van der Waals surface area contributed by atoms with Crippen LogP contribution < -0.4 is 26.2 Å². The zero-order chi connectivity index (χ0) is 16.2. The highest BCUT2D eigenvalue weighted by Crippen LogP contribution is 2.30. The van der Waals surface area contributed by atoms with Crippen LogP contribution in [0, 0.1) is 18.2 Å². The monoisotopic (exact) mass is 332 g/mol. The van der Waals surface area contributed by atoms with Crippen molar-refractivity contribution < 1.29 is 9.13 Å². The molecule has 23 heavy (non-hydrogen) atoms. The summed E-state index contributed by atoms with van der Waals surface area (Å²) in [6.45, 7) is 0.571. The van der Waals surface area contributed by atoms with E-state index in [4.69, 9.17) is 11.2 Å². The van der Waals surface area contributed by atoms with Gasteiger partial charge < -0.3 is 15.4 Å². The molecule has 0 radical (unpaired) electrons. The molecule has 2 heterocycles. The predicted molar refractivity (Wildman–Crippen MR) is 90.4 cm³/mol. The number of thioether (sulfide) groups is 1. The van der Waals surface area contributed by atoms with Gasteiger partial charge in [-0.25, -0.2) is 15.2 Å². The third-order valence-corrected chi connectivity index (χ3v) is 4.55. The Hall–Kier alpha value is -2.14. The Morgan fingerprint density at radius 1 is 1.43 bits per heavy atom. The molecule has 0 aromatic heterocycles. The first kappa shape index (κ1) is 15.7. The zero-order valence-electron chi connectivity index (χ0n) is 12.5. The summed E-state index contributed by atoms with van der Waals surface area (Å²) >= 11 is 1.55. The molecule has 3 rings (SSSR count). The molecular formula is C16H17FN4OS. The van der Waals surface area contributed by atoms with Crippen molar-refractivity contribution in [2.75, 3.05) is 13.7 Å². The lowest BCUT2D eigenvalue weighted by Gasteiger charge is -2.23. The number of ether oxygens (including phenoxy) is 1. The molecule has 1 aromatic carbocycles. The van der Waals surface area contributed by atoms with Crippen LogP contribution in [0.2, 0.25) is 0 Å². The number of allylic oxidation sites excluding steroid dienone is 1. The smallest absolute Gasteiger partial charge is 0.140 e. The summed E-state index contributed by atoms with van der Waals surface area (Å²) in [5.74, 6) is 2.96. The Bertz CT molecular complexity index is 698. The summed E-state index contributed by atoms with van der Waals surface area (Å²) in [6.07, 6.45) is 9.17. The number of methoxy groups -OCH3 is 1. The number of hydrazine groups is 1. The van der Waals surface area contributed by atoms with Gasteiger partial charge in [-0.05, 0) is 30.5 Å². The number of hydrogen-bond donors (Lipinski definition) is 4. The Labute approximate surface area is 138 Å². The maximum absolute atomic E-state index is 13.7. The van der Waals surface area contributed by atoms with Crippen molar-refractivity contribution in [3.63, 3.8) is 0 Å². The van der Waals surface area contributed by atoms with Gasteiger partial charge in [0.25, 0.3) is 0 Å². The highest BCUT2D eigenvalue weighted by molar-refractivity contribution is 8.00. The van der Waals surface area contributed by atoms with Crippen molar-refractivity contribution in [1.29, 1.82) is 0 Å². The number of rotatable bonds is 4. The fourth-order valence-electron chi connectivity index (χ4n) is 2.44. The Morgan fingerprint density at radius 2 is 2.30 bits per heavy atom. The predicted octanol–water partition coefficient (Wildman–Crippen LogP) is 1.34. The molecule has 0 saturated carbocycles. The molecule has 7 heteroatoms. The summed E-state index contributed by atoms with van der Waals surface area (Å²) in [5, 5.41) is 6.43. The molecule has 5 nitrogen and oxygen atoms in total. The van der Waals surface area contributed by atoms with E-state index in [0.717, 1.165) is 16.8 Å². The van der Waals surface area contributed by atoms with Crippen molar-refractivity contribution in [3.05, 3.63) is 47.6 Å². The summed E-state index contributed by atoms with van der Waals surface area (Å²) < 4.78 is 19.0. The molecule has 2 aliphatic heterocycles. The average Bonchev–Trinajstić information content (AvgIpc) is 3.03. The largest absolute Gasteiger partial charge is 0.496 e. The van der Waals surface area contributed by atoms with Crippen molar-refractivity contribution in [2.24, 2.45) is 0 Å². The van der Waals surface area contributed by atoms with Crippen molar-refractivity contribution >= 4 is 17.3 Å². The number of terminal acetylenes is 1. The lowest BCUT2D eigenvalue weighted by Crippen LogP contribution is -2.41. The van der Waals surface area contributed by atoms with Crippen LogP contribution in [-0.4, -0.2) is 24.5 Å². The maximum atomic E-state index is 13.7. The van der Waals surface area contributed by atoms with Crippen LogP contribution in [0.15, 0.2) is 36.2 Å². The van der Waals surface area contributed by atoms with Crippen LogP contribution in [0.25, 0.3) is 5.57 Å². The number of halogens is 1. The minimum absolute atomic E-state index is 0.0802. The maximum Gasteiger partial charge on any atom is 0.140 e. The summed E-state index contributed by atoms with van der Waals surface area (Å²) in [4.78, 5) is 0. The van der Waals surface area contributed by atoms with Crippen molar-refractivity contribution in [2.45, 2.75) is 10.9 Å². The summed E-state index contributed by atoms with van der Waals surface area (Å²) in [5.41, 5.74) is 8.53. The minimum Gasteiger partial charge on any atom is -0.496 e. The first-order valence-corrected chi connectivity index (χ1v) is 8.01. The second-order valence-electron chi connectivity index (χ2n) is 4.95. The minimum atomic E-state index is -0.301. The van der Waals surface area contributed by atoms with Crippen molar-refractivity contribution in [1.82, 2.24) is 21.5 Å². The molecule has 4 N–H and O–H groups in total. The van der Waals surface area contributed by atoms with Crippen LogP contribution in [0.5, 0.6) is 5.75 Å². The number of nitrogens with one attached hydrogen (secondary N) is 4. The molecule has 1 fully saturated rings. The molecule has 2 aliphatic rings. The van der Waals surface area contributed by atoms with E-state index in [1.165, 1.54) is 12.1 Å². The standard InChI is InChI=1S/C16H17FN4OS/c1-3-15-20-21-16(23-15)19-13-6-7-18-9-12(13)11-8-10(17)4-5-14(11)22-2/h1,4-8,15-16,18-21H,9H2,2H3. The molecule has 1 aromatic rings. The second kappa shape index (κ2) is 6.96. The van der Waals surface area contributed by atoms with Gasteiger partial charge in [0.1, 0.15) is 22.4 Å². The number of hydrogen-bond acceptors (Lipinski definition) is 6. The number of benzene rings is 1. The summed E-state index contributed by atoms with van der Waals surface area (Å²) in [6, 6.07) is 4.50.